The quantitative estimate of drug-likeness (QED) is 0.511. The number of nitrogens with one attached hydrogen (secondary N) is 3. The normalized spacial score (nSPS) is 10.8. The number of aromatic nitrogens is 2. The molecule has 0 spiro atoms. The molecule has 0 aliphatic heterocycles. The van der Waals surface area contributed by atoms with Gasteiger partial charge in [0.05, 0.1) is 10.9 Å². The SMILES string of the molecule is CC(C)C(=O)NCCNC(=O)CCn1c(=S)[nH]c2ccccc2c1=O. The van der Waals surface area contributed by atoms with Crippen molar-refractivity contribution in [3.8, 4) is 0 Å². The number of aromatic amines is 1. The minimum atomic E-state index is -0.212. The van der Waals surface area contributed by atoms with E-state index in [1.165, 1.54) is 4.57 Å². The van der Waals surface area contributed by atoms with Gasteiger partial charge in [-0.1, -0.05) is 26.0 Å². The van der Waals surface area contributed by atoms with Crippen molar-refractivity contribution >= 4 is 34.9 Å². The van der Waals surface area contributed by atoms with Crippen LogP contribution in [0.3, 0.4) is 0 Å². The zero-order valence-electron chi connectivity index (χ0n) is 14.3. The maximum absolute atomic E-state index is 12.5. The largest absolute Gasteiger partial charge is 0.354 e. The molecule has 2 amide bonds. The van der Waals surface area contributed by atoms with Gasteiger partial charge in [0, 0.05) is 32.0 Å². The van der Waals surface area contributed by atoms with Crippen molar-refractivity contribution in [2.24, 2.45) is 5.92 Å². The Balaban J connectivity index is 1.90. The van der Waals surface area contributed by atoms with Crippen LogP contribution in [0.25, 0.3) is 10.9 Å². The Bertz CT molecular complexity index is 885. The molecule has 2 aromatic rings. The molecule has 134 valence electrons. The number of carbonyl (C=O) groups is 2. The van der Waals surface area contributed by atoms with Gasteiger partial charge in [0.15, 0.2) is 4.77 Å². The number of rotatable bonds is 7. The lowest BCUT2D eigenvalue weighted by Gasteiger charge is -2.10. The Labute approximate surface area is 150 Å². The maximum Gasteiger partial charge on any atom is 0.262 e. The Morgan fingerprint density at radius 1 is 1.20 bits per heavy atom. The van der Waals surface area contributed by atoms with Gasteiger partial charge in [0.1, 0.15) is 0 Å². The highest BCUT2D eigenvalue weighted by Crippen LogP contribution is 2.06. The molecule has 1 aromatic heterocycles. The number of carbonyl (C=O) groups excluding carboxylic acids is 2. The molecule has 0 radical (unpaired) electrons. The standard InChI is InChI=1S/C17H22N4O3S/c1-11(2)15(23)19-9-8-18-14(22)7-10-21-16(24)12-5-3-4-6-13(12)20-17(21)25/h3-6,11H,7-10H2,1-2H3,(H,18,22)(H,19,23)(H,20,25). The molecule has 0 atom stereocenters. The van der Waals surface area contributed by atoms with Crippen LogP contribution in [0.2, 0.25) is 0 Å². The third-order valence-electron chi connectivity index (χ3n) is 3.72. The predicted molar refractivity (Wildman–Crippen MR) is 98.9 cm³/mol. The number of para-hydroxylation sites is 1. The van der Waals surface area contributed by atoms with Gasteiger partial charge in [-0.2, -0.15) is 0 Å². The first-order chi connectivity index (χ1) is 11.9. The van der Waals surface area contributed by atoms with E-state index in [-0.39, 0.29) is 36.3 Å². The number of fused-ring (bicyclic) bond motifs is 1. The first kappa shape index (κ1) is 18.9. The third-order valence-corrected chi connectivity index (χ3v) is 4.05. The van der Waals surface area contributed by atoms with E-state index in [1.54, 1.807) is 32.0 Å². The average Bonchev–Trinajstić information content (AvgIpc) is 2.58. The smallest absolute Gasteiger partial charge is 0.262 e. The molecule has 0 saturated heterocycles. The van der Waals surface area contributed by atoms with Crippen LogP contribution in [-0.2, 0) is 16.1 Å². The molecule has 0 aliphatic rings. The van der Waals surface area contributed by atoms with E-state index >= 15 is 0 Å². The third kappa shape index (κ3) is 4.99. The van der Waals surface area contributed by atoms with Crippen LogP contribution in [0.1, 0.15) is 20.3 Å². The summed E-state index contributed by atoms with van der Waals surface area (Å²) in [7, 11) is 0. The van der Waals surface area contributed by atoms with Crippen molar-refractivity contribution in [1.82, 2.24) is 20.2 Å². The second-order valence-electron chi connectivity index (χ2n) is 5.98. The van der Waals surface area contributed by atoms with Crippen LogP contribution in [0.4, 0.5) is 0 Å². The van der Waals surface area contributed by atoms with Crippen LogP contribution in [0, 0.1) is 10.7 Å². The number of hydrogen-bond donors (Lipinski definition) is 3. The van der Waals surface area contributed by atoms with E-state index in [0.717, 1.165) is 0 Å². The second-order valence-corrected chi connectivity index (χ2v) is 6.36. The lowest BCUT2D eigenvalue weighted by Crippen LogP contribution is -2.37. The molecule has 25 heavy (non-hydrogen) atoms. The summed E-state index contributed by atoms with van der Waals surface area (Å²) in [5.74, 6) is -0.339. The second kappa shape index (κ2) is 8.57. The summed E-state index contributed by atoms with van der Waals surface area (Å²) in [6, 6.07) is 7.11. The Morgan fingerprint density at radius 3 is 2.60 bits per heavy atom. The van der Waals surface area contributed by atoms with Crippen LogP contribution in [-0.4, -0.2) is 34.5 Å². The highest BCUT2D eigenvalue weighted by molar-refractivity contribution is 7.71. The van der Waals surface area contributed by atoms with Crippen LogP contribution in [0.15, 0.2) is 29.1 Å². The summed E-state index contributed by atoms with van der Waals surface area (Å²) in [6.07, 6.45) is 0.133. The summed E-state index contributed by atoms with van der Waals surface area (Å²) >= 11 is 5.21. The number of nitrogens with zero attached hydrogens (tertiary/aromatic N) is 1. The van der Waals surface area contributed by atoms with Crippen LogP contribution in [0.5, 0.6) is 0 Å². The molecular weight excluding hydrogens is 340 g/mol. The van der Waals surface area contributed by atoms with E-state index in [1.807, 2.05) is 6.07 Å². The highest BCUT2D eigenvalue weighted by atomic mass is 32.1. The number of amides is 2. The number of H-pyrrole nitrogens is 1. The Hall–Kier alpha value is -2.48. The van der Waals surface area contributed by atoms with Crippen molar-refractivity contribution in [3.05, 3.63) is 39.4 Å². The molecule has 0 saturated carbocycles. The fraction of sp³-hybridized carbons (Fsp3) is 0.412. The molecule has 0 unspecified atom stereocenters. The molecule has 1 heterocycles. The van der Waals surface area contributed by atoms with Crippen LogP contribution >= 0.6 is 12.2 Å². The first-order valence-electron chi connectivity index (χ1n) is 8.16. The summed E-state index contributed by atoms with van der Waals surface area (Å²) in [6.45, 7) is 4.52. The fourth-order valence-corrected chi connectivity index (χ4v) is 2.58. The maximum atomic E-state index is 12.5. The van der Waals surface area contributed by atoms with Gasteiger partial charge in [0.25, 0.3) is 5.56 Å². The summed E-state index contributed by atoms with van der Waals surface area (Å²) in [5, 5.41) is 5.96. The van der Waals surface area contributed by atoms with Gasteiger partial charge in [0.2, 0.25) is 11.8 Å². The van der Waals surface area contributed by atoms with E-state index in [0.29, 0.717) is 28.8 Å². The van der Waals surface area contributed by atoms with E-state index in [2.05, 4.69) is 15.6 Å². The van der Waals surface area contributed by atoms with Gasteiger partial charge in [-0.3, -0.25) is 19.0 Å². The molecule has 1 aromatic carbocycles. The fourth-order valence-electron chi connectivity index (χ4n) is 2.30. The monoisotopic (exact) mass is 362 g/mol. The summed E-state index contributed by atoms with van der Waals surface area (Å²) < 4.78 is 1.68. The van der Waals surface area contributed by atoms with Gasteiger partial charge >= 0.3 is 0 Å². The van der Waals surface area contributed by atoms with E-state index in [4.69, 9.17) is 12.2 Å². The van der Waals surface area contributed by atoms with Crippen molar-refractivity contribution in [2.75, 3.05) is 13.1 Å². The highest BCUT2D eigenvalue weighted by Gasteiger charge is 2.08. The van der Waals surface area contributed by atoms with Crippen molar-refractivity contribution in [2.45, 2.75) is 26.8 Å². The van der Waals surface area contributed by atoms with Crippen molar-refractivity contribution in [1.29, 1.82) is 0 Å². The molecule has 8 heteroatoms. The molecular formula is C17H22N4O3S. The Morgan fingerprint density at radius 2 is 1.88 bits per heavy atom. The molecule has 7 nitrogen and oxygen atoms in total. The minimum absolute atomic E-state index is 0.0525. The van der Waals surface area contributed by atoms with Crippen molar-refractivity contribution < 1.29 is 9.59 Å². The van der Waals surface area contributed by atoms with E-state index < -0.39 is 0 Å². The number of benzene rings is 1. The first-order valence-corrected chi connectivity index (χ1v) is 8.57. The van der Waals surface area contributed by atoms with E-state index in [9.17, 15) is 14.4 Å². The molecule has 0 bridgehead atoms. The van der Waals surface area contributed by atoms with Crippen LogP contribution < -0.4 is 16.2 Å². The summed E-state index contributed by atoms with van der Waals surface area (Å²) in [5.41, 5.74) is 0.468. The summed E-state index contributed by atoms with van der Waals surface area (Å²) in [4.78, 5) is 38.8. The molecule has 0 fully saturated rings. The average molecular weight is 362 g/mol. The lowest BCUT2D eigenvalue weighted by molar-refractivity contribution is -0.124. The zero-order chi connectivity index (χ0) is 18.4. The molecule has 0 aliphatic carbocycles. The predicted octanol–water partition coefficient (Wildman–Crippen LogP) is 1.34. The van der Waals surface area contributed by atoms with Crippen molar-refractivity contribution in [3.63, 3.8) is 0 Å². The molecule has 2 rings (SSSR count). The number of hydrogen-bond acceptors (Lipinski definition) is 4. The van der Waals surface area contributed by atoms with Gasteiger partial charge in [-0.25, -0.2) is 0 Å². The Kier molecular flexibility index (Phi) is 6.46. The molecule has 3 N–H and O–H groups in total. The lowest BCUT2D eigenvalue weighted by atomic mass is 10.2. The minimum Gasteiger partial charge on any atom is -0.354 e. The van der Waals surface area contributed by atoms with Gasteiger partial charge < -0.3 is 15.6 Å². The van der Waals surface area contributed by atoms with Gasteiger partial charge in [-0.05, 0) is 24.4 Å². The topological polar surface area (TPSA) is 96.0 Å². The van der Waals surface area contributed by atoms with Gasteiger partial charge in [-0.15, -0.1) is 0 Å². The zero-order valence-corrected chi connectivity index (χ0v) is 15.1.